The molecule has 3 rings (SSSR count). The molecule has 4 nitrogen and oxygen atoms in total. The lowest BCUT2D eigenvalue weighted by Gasteiger charge is -2.16. The molecule has 0 radical (unpaired) electrons. The summed E-state index contributed by atoms with van der Waals surface area (Å²) in [7, 11) is 0. The maximum absolute atomic E-state index is 12.1. The van der Waals surface area contributed by atoms with Crippen molar-refractivity contribution in [1.82, 2.24) is 0 Å². The largest absolute Gasteiger partial charge is 0.463 e. The Bertz CT molecular complexity index is 683. The number of esters is 1. The van der Waals surface area contributed by atoms with Crippen LogP contribution in [-0.2, 0) is 9.53 Å². The summed E-state index contributed by atoms with van der Waals surface area (Å²) in [5.74, 6) is -0.504. The van der Waals surface area contributed by atoms with E-state index in [1.807, 2.05) is 24.3 Å². The van der Waals surface area contributed by atoms with Gasteiger partial charge in [-0.2, -0.15) is 0 Å². The first-order valence-electron chi connectivity index (χ1n) is 8.95. The van der Waals surface area contributed by atoms with Crippen LogP contribution in [-0.4, -0.2) is 30.3 Å². The third kappa shape index (κ3) is 3.91. The van der Waals surface area contributed by atoms with Crippen molar-refractivity contribution in [2.45, 2.75) is 37.7 Å². The van der Waals surface area contributed by atoms with E-state index in [0.717, 1.165) is 19.3 Å². The first-order chi connectivity index (χ1) is 12.2. The second-order valence-electron chi connectivity index (χ2n) is 6.51. The smallest absolute Gasteiger partial charge is 0.334 e. The van der Waals surface area contributed by atoms with E-state index in [9.17, 15) is 9.90 Å². The fourth-order valence-electron chi connectivity index (χ4n) is 3.48. The van der Waals surface area contributed by atoms with Crippen molar-refractivity contribution < 1.29 is 14.6 Å². The molecule has 2 aromatic rings. The molecule has 0 saturated carbocycles. The van der Waals surface area contributed by atoms with Gasteiger partial charge in [-0.3, -0.25) is 0 Å². The Morgan fingerprint density at radius 2 is 1.60 bits per heavy atom. The number of carbonyl (C=O) groups excluding carboxylic acids is 1. The van der Waals surface area contributed by atoms with E-state index in [-0.39, 0.29) is 12.5 Å². The summed E-state index contributed by atoms with van der Waals surface area (Å²) in [6.07, 6.45) is 1.99. The van der Waals surface area contributed by atoms with Gasteiger partial charge in [0.05, 0.1) is 0 Å². The lowest BCUT2D eigenvalue weighted by Crippen LogP contribution is -2.25. The SMILES string of the molecule is NCCCCCC(O)C(=O)OCC1c2ccccc2-c2ccccc21. The summed E-state index contributed by atoms with van der Waals surface area (Å²) in [4.78, 5) is 12.1. The molecular weight excluding hydrogens is 314 g/mol. The van der Waals surface area contributed by atoms with E-state index in [1.165, 1.54) is 22.3 Å². The molecule has 0 fully saturated rings. The number of benzene rings is 2. The van der Waals surface area contributed by atoms with Crippen LogP contribution < -0.4 is 5.73 Å². The summed E-state index contributed by atoms with van der Waals surface area (Å²) in [5, 5.41) is 9.98. The third-order valence-corrected chi connectivity index (χ3v) is 4.81. The lowest BCUT2D eigenvalue weighted by atomic mass is 9.98. The molecular formula is C21H25NO3. The predicted octanol–water partition coefficient (Wildman–Crippen LogP) is 3.22. The van der Waals surface area contributed by atoms with Crippen molar-refractivity contribution in [2.75, 3.05) is 13.2 Å². The zero-order chi connectivity index (χ0) is 17.6. The Balaban J connectivity index is 1.62. The minimum Gasteiger partial charge on any atom is -0.463 e. The topological polar surface area (TPSA) is 72.5 Å². The molecule has 25 heavy (non-hydrogen) atoms. The van der Waals surface area contributed by atoms with Gasteiger partial charge in [0.25, 0.3) is 0 Å². The summed E-state index contributed by atoms with van der Waals surface area (Å²) in [5.41, 5.74) is 10.2. The maximum atomic E-state index is 12.1. The fraction of sp³-hybridized carbons (Fsp3) is 0.381. The van der Waals surface area contributed by atoms with Crippen LogP contribution in [0.4, 0.5) is 0 Å². The number of rotatable bonds is 8. The summed E-state index contributed by atoms with van der Waals surface area (Å²) < 4.78 is 5.44. The molecule has 0 aromatic heterocycles. The highest BCUT2D eigenvalue weighted by atomic mass is 16.5. The van der Waals surface area contributed by atoms with Gasteiger partial charge in [-0.05, 0) is 41.6 Å². The molecule has 0 aliphatic heterocycles. The van der Waals surface area contributed by atoms with E-state index >= 15 is 0 Å². The van der Waals surface area contributed by atoms with E-state index in [0.29, 0.717) is 13.0 Å². The lowest BCUT2D eigenvalue weighted by molar-refractivity contribution is -0.154. The average Bonchev–Trinajstić information content (AvgIpc) is 2.97. The van der Waals surface area contributed by atoms with Crippen LogP contribution in [0.5, 0.6) is 0 Å². The number of hydrogen-bond acceptors (Lipinski definition) is 4. The molecule has 1 aliphatic carbocycles. The molecule has 3 N–H and O–H groups in total. The van der Waals surface area contributed by atoms with Crippen LogP contribution in [0.1, 0.15) is 42.7 Å². The molecule has 1 unspecified atom stereocenters. The molecule has 0 heterocycles. The molecule has 132 valence electrons. The van der Waals surface area contributed by atoms with Gasteiger partial charge in [-0.1, -0.05) is 61.4 Å². The van der Waals surface area contributed by atoms with E-state index in [1.54, 1.807) is 0 Å². The highest BCUT2D eigenvalue weighted by molar-refractivity contribution is 5.79. The zero-order valence-electron chi connectivity index (χ0n) is 14.4. The number of aliphatic hydroxyl groups excluding tert-OH is 1. The van der Waals surface area contributed by atoms with E-state index in [4.69, 9.17) is 10.5 Å². The summed E-state index contributed by atoms with van der Waals surface area (Å²) in [6.45, 7) is 0.897. The van der Waals surface area contributed by atoms with E-state index in [2.05, 4.69) is 24.3 Å². The minimum atomic E-state index is -1.05. The first-order valence-corrected chi connectivity index (χ1v) is 8.95. The zero-order valence-corrected chi connectivity index (χ0v) is 14.4. The van der Waals surface area contributed by atoms with Gasteiger partial charge in [0.15, 0.2) is 6.10 Å². The first kappa shape index (κ1) is 17.6. The second-order valence-corrected chi connectivity index (χ2v) is 6.51. The van der Waals surface area contributed by atoms with Gasteiger partial charge >= 0.3 is 5.97 Å². The maximum Gasteiger partial charge on any atom is 0.334 e. The van der Waals surface area contributed by atoms with Crippen molar-refractivity contribution in [2.24, 2.45) is 5.73 Å². The normalized spacial score (nSPS) is 14.0. The molecule has 4 heteroatoms. The third-order valence-electron chi connectivity index (χ3n) is 4.81. The van der Waals surface area contributed by atoms with Crippen LogP contribution in [0.25, 0.3) is 11.1 Å². The van der Waals surface area contributed by atoms with Crippen molar-refractivity contribution in [1.29, 1.82) is 0 Å². The van der Waals surface area contributed by atoms with Crippen LogP contribution in [0.3, 0.4) is 0 Å². The molecule has 0 bridgehead atoms. The number of aliphatic hydroxyl groups is 1. The molecule has 1 atom stereocenters. The summed E-state index contributed by atoms with van der Waals surface area (Å²) in [6, 6.07) is 16.4. The molecule has 1 aliphatic rings. The van der Waals surface area contributed by atoms with Crippen molar-refractivity contribution >= 4 is 5.97 Å². The van der Waals surface area contributed by atoms with Crippen LogP contribution in [0.15, 0.2) is 48.5 Å². The highest BCUT2D eigenvalue weighted by Gasteiger charge is 2.29. The van der Waals surface area contributed by atoms with Gasteiger partial charge in [0.1, 0.15) is 6.61 Å². The number of fused-ring (bicyclic) bond motifs is 3. The molecule has 0 amide bonds. The average molecular weight is 339 g/mol. The van der Waals surface area contributed by atoms with Crippen LogP contribution in [0.2, 0.25) is 0 Å². The number of nitrogens with two attached hydrogens (primary N) is 1. The molecule has 2 aromatic carbocycles. The second kappa shape index (κ2) is 8.28. The van der Waals surface area contributed by atoms with Crippen molar-refractivity contribution in [3.05, 3.63) is 59.7 Å². The Labute approximate surface area is 148 Å². The number of unbranched alkanes of at least 4 members (excludes halogenated alkanes) is 2. The Morgan fingerprint density at radius 3 is 2.20 bits per heavy atom. The van der Waals surface area contributed by atoms with Gasteiger partial charge < -0.3 is 15.6 Å². The minimum absolute atomic E-state index is 0.0285. The number of ether oxygens (including phenoxy) is 1. The number of hydrogen-bond donors (Lipinski definition) is 2. The van der Waals surface area contributed by atoms with Gasteiger partial charge in [0.2, 0.25) is 0 Å². The Kier molecular flexibility index (Phi) is 5.84. The monoisotopic (exact) mass is 339 g/mol. The van der Waals surface area contributed by atoms with Crippen molar-refractivity contribution in [3.8, 4) is 11.1 Å². The quantitative estimate of drug-likeness (QED) is 0.572. The Morgan fingerprint density at radius 1 is 1.00 bits per heavy atom. The highest BCUT2D eigenvalue weighted by Crippen LogP contribution is 2.44. The molecule has 0 saturated heterocycles. The Hall–Kier alpha value is -2.17. The van der Waals surface area contributed by atoms with Crippen molar-refractivity contribution in [3.63, 3.8) is 0 Å². The summed E-state index contributed by atoms with van der Waals surface area (Å²) >= 11 is 0. The van der Waals surface area contributed by atoms with E-state index < -0.39 is 12.1 Å². The van der Waals surface area contributed by atoms with Gasteiger partial charge in [0, 0.05) is 5.92 Å². The van der Waals surface area contributed by atoms with Gasteiger partial charge in [-0.25, -0.2) is 4.79 Å². The van der Waals surface area contributed by atoms with Gasteiger partial charge in [-0.15, -0.1) is 0 Å². The standard InChI is InChI=1S/C21H25NO3/c22-13-7-1-2-12-20(23)21(24)25-14-19-17-10-5-3-8-15(17)16-9-4-6-11-18(16)19/h3-6,8-11,19-20,23H,1-2,7,12-14,22H2. The fourth-order valence-corrected chi connectivity index (χ4v) is 3.48. The van der Waals surface area contributed by atoms with Crippen LogP contribution in [0, 0.1) is 0 Å². The van der Waals surface area contributed by atoms with Crippen LogP contribution >= 0.6 is 0 Å². The molecule has 0 spiro atoms. The predicted molar refractivity (Wildman–Crippen MR) is 98.2 cm³/mol. The number of carbonyl (C=O) groups is 1.